The van der Waals surface area contributed by atoms with Gasteiger partial charge in [-0.2, -0.15) is 5.10 Å². The number of carboxylic acid groups (broad SMARTS) is 1. The molecule has 0 fully saturated rings. The highest BCUT2D eigenvalue weighted by atomic mass is 16.4. The molecule has 0 unspecified atom stereocenters. The Bertz CT molecular complexity index is 505. The van der Waals surface area contributed by atoms with Crippen molar-refractivity contribution in [3.63, 3.8) is 0 Å². The molecule has 15 heavy (non-hydrogen) atoms. The van der Waals surface area contributed by atoms with Crippen LogP contribution in [0.1, 0.15) is 10.4 Å². The molecule has 0 bridgehead atoms. The number of nitrogens with one attached hydrogen (secondary N) is 1. The Morgan fingerprint density at radius 3 is 2.93 bits per heavy atom. The number of carbonyl (C=O) groups is 1. The minimum Gasteiger partial charge on any atom is -0.478 e. The second-order valence-electron chi connectivity index (χ2n) is 3.09. The lowest BCUT2D eigenvalue weighted by molar-refractivity contribution is 0.0698. The van der Waals surface area contributed by atoms with E-state index in [0.29, 0.717) is 16.9 Å². The molecule has 0 saturated carbocycles. The second-order valence-corrected chi connectivity index (χ2v) is 3.09. The van der Waals surface area contributed by atoms with Gasteiger partial charge in [-0.05, 0) is 12.1 Å². The first-order chi connectivity index (χ1) is 7.18. The number of hydrogen-bond acceptors (Lipinski definition) is 3. The summed E-state index contributed by atoms with van der Waals surface area (Å²) in [5.41, 5.74) is 7.51. The lowest BCUT2D eigenvalue weighted by Gasteiger charge is -2.00. The highest BCUT2D eigenvalue weighted by Crippen LogP contribution is 2.22. The van der Waals surface area contributed by atoms with E-state index in [9.17, 15) is 4.79 Å². The fraction of sp³-hybridized carbons (Fsp3) is 0. The molecule has 4 N–H and O–H groups in total. The highest BCUT2D eigenvalue weighted by molar-refractivity contribution is 5.94. The van der Waals surface area contributed by atoms with Crippen LogP contribution < -0.4 is 5.73 Å². The SMILES string of the molecule is Nc1cccc(-c2[nH]ncc2C(=O)O)c1. The molecule has 0 spiro atoms. The lowest BCUT2D eigenvalue weighted by Crippen LogP contribution is -1.97. The standard InChI is InChI=1S/C10H9N3O2/c11-7-3-1-2-6(4-7)9-8(10(14)15)5-12-13-9/h1-5H,11H2,(H,12,13)(H,14,15). The van der Waals surface area contributed by atoms with Crippen LogP contribution >= 0.6 is 0 Å². The van der Waals surface area contributed by atoms with Gasteiger partial charge in [0.1, 0.15) is 5.56 Å². The number of nitrogens with two attached hydrogens (primary N) is 1. The first-order valence-corrected chi connectivity index (χ1v) is 4.31. The Balaban J connectivity index is 2.54. The van der Waals surface area contributed by atoms with Crippen molar-refractivity contribution in [1.82, 2.24) is 10.2 Å². The van der Waals surface area contributed by atoms with E-state index in [1.54, 1.807) is 24.3 Å². The number of aromatic carboxylic acids is 1. The van der Waals surface area contributed by atoms with Gasteiger partial charge in [-0.3, -0.25) is 5.10 Å². The molecule has 76 valence electrons. The van der Waals surface area contributed by atoms with Gasteiger partial charge < -0.3 is 10.8 Å². The summed E-state index contributed by atoms with van der Waals surface area (Å²) in [6.07, 6.45) is 1.28. The molecular formula is C10H9N3O2. The highest BCUT2D eigenvalue weighted by Gasteiger charge is 2.13. The third-order valence-electron chi connectivity index (χ3n) is 2.05. The maximum Gasteiger partial charge on any atom is 0.339 e. The number of benzene rings is 1. The quantitative estimate of drug-likeness (QED) is 0.642. The fourth-order valence-corrected chi connectivity index (χ4v) is 1.36. The first-order valence-electron chi connectivity index (χ1n) is 4.31. The zero-order chi connectivity index (χ0) is 10.8. The number of aromatic amines is 1. The van der Waals surface area contributed by atoms with Crippen LogP contribution in [0.5, 0.6) is 0 Å². The van der Waals surface area contributed by atoms with Crippen LogP contribution in [0.25, 0.3) is 11.3 Å². The molecule has 0 aliphatic rings. The molecule has 0 amide bonds. The van der Waals surface area contributed by atoms with E-state index in [1.165, 1.54) is 6.20 Å². The molecule has 0 aliphatic heterocycles. The fourth-order valence-electron chi connectivity index (χ4n) is 1.36. The van der Waals surface area contributed by atoms with Crippen LogP contribution in [0, 0.1) is 0 Å². The largest absolute Gasteiger partial charge is 0.478 e. The molecule has 1 aromatic heterocycles. The zero-order valence-corrected chi connectivity index (χ0v) is 7.77. The van der Waals surface area contributed by atoms with Gasteiger partial charge in [0.05, 0.1) is 11.9 Å². The second kappa shape index (κ2) is 3.45. The summed E-state index contributed by atoms with van der Waals surface area (Å²) in [7, 11) is 0. The number of aromatic nitrogens is 2. The number of rotatable bonds is 2. The average Bonchev–Trinajstić information content (AvgIpc) is 2.65. The minimum absolute atomic E-state index is 0.139. The summed E-state index contributed by atoms with van der Waals surface area (Å²) < 4.78 is 0. The number of anilines is 1. The van der Waals surface area contributed by atoms with Gasteiger partial charge in [-0.15, -0.1) is 0 Å². The molecule has 0 atom stereocenters. The summed E-state index contributed by atoms with van der Waals surface area (Å²) in [5.74, 6) is -1.01. The summed E-state index contributed by atoms with van der Waals surface area (Å²) in [6.45, 7) is 0. The zero-order valence-electron chi connectivity index (χ0n) is 7.77. The summed E-state index contributed by atoms with van der Waals surface area (Å²) in [5, 5.41) is 15.2. The molecule has 2 rings (SSSR count). The number of hydrogen-bond donors (Lipinski definition) is 3. The van der Waals surface area contributed by atoms with E-state index in [1.807, 2.05) is 0 Å². The normalized spacial score (nSPS) is 10.1. The maximum absolute atomic E-state index is 10.8. The molecule has 0 radical (unpaired) electrons. The summed E-state index contributed by atoms with van der Waals surface area (Å²) in [4.78, 5) is 10.8. The Labute approximate surface area is 85.5 Å². The predicted molar refractivity (Wildman–Crippen MR) is 55.4 cm³/mol. The van der Waals surface area contributed by atoms with Crippen molar-refractivity contribution in [3.8, 4) is 11.3 Å². The van der Waals surface area contributed by atoms with Crippen LogP contribution in [0.2, 0.25) is 0 Å². The Kier molecular flexibility index (Phi) is 2.13. The van der Waals surface area contributed by atoms with Gasteiger partial charge in [0.15, 0.2) is 0 Å². The van der Waals surface area contributed by atoms with Gasteiger partial charge in [-0.25, -0.2) is 4.79 Å². The molecule has 5 heteroatoms. The maximum atomic E-state index is 10.8. The van der Waals surface area contributed by atoms with E-state index >= 15 is 0 Å². The molecule has 2 aromatic rings. The number of nitrogen functional groups attached to an aromatic ring is 1. The topological polar surface area (TPSA) is 92.0 Å². The van der Waals surface area contributed by atoms with Gasteiger partial charge in [0, 0.05) is 11.3 Å². The van der Waals surface area contributed by atoms with Crippen molar-refractivity contribution in [3.05, 3.63) is 36.0 Å². The van der Waals surface area contributed by atoms with Gasteiger partial charge in [-0.1, -0.05) is 12.1 Å². The first kappa shape index (κ1) is 9.26. The van der Waals surface area contributed by atoms with E-state index in [4.69, 9.17) is 10.8 Å². The van der Waals surface area contributed by atoms with E-state index in [0.717, 1.165) is 0 Å². The average molecular weight is 203 g/mol. The van der Waals surface area contributed by atoms with Crippen molar-refractivity contribution in [2.45, 2.75) is 0 Å². The summed E-state index contributed by atoms with van der Waals surface area (Å²) >= 11 is 0. The van der Waals surface area contributed by atoms with Crippen LogP contribution in [-0.2, 0) is 0 Å². The van der Waals surface area contributed by atoms with E-state index < -0.39 is 5.97 Å². The third-order valence-corrected chi connectivity index (χ3v) is 2.05. The monoisotopic (exact) mass is 203 g/mol. The molecule has 1 heterocycles. The summed E-state index contributed by atoms with van der Waals surface area (Å²) in [6, 6.07) is 6.97. The van der Waals surface area contributed by atoms with Crippen LogP contribution in [0.15, 0.2) is 30.5 Å². The van der Waals surface area contributed by atoms with E-state index in [-0.39, 0.29) is 5.56 Å². The van der Waals surface area contributed by atoms with Crippen molar-refractivity contribution in [2.24, 2.45) is 0 Å². The number of carboxylic acids is 1. The molecular weight excluding hydrogens is 194 g/mol. The Morgan fingerprint density at radius 1 is 1.47 bits per heavy atom. The lowest BCUT2D eigenvalue weighted by atomic mass is 10.1. The number of H-pyrrole nitrogens is 1. The van der Waals surface area contributed by atoms with Crippen LogP contribution in [0.4, 0.5) is 5.69 Å². The third kappa shape index (κ3) is 1.67. The van der Waals surface area contributed by atoms with E-state index in [2.05, 4.69) is 10.2 Å². The molecule has 1 aromatic carbocycles. The van der Waals surface area contributed by atoms with Crippen LogP contribution in [-0.4, -0.2) is 21.3 Å². The van der Waals surface area contributed by atoms with Gasteiger partial charge in [0.25, 0.3) is 0 Å². The van der Waals surface area contributed by atoms with Crippen molar-refractivity contribution in [1.29, 1.82) is 0 Å². The van der Waals surface area contributed by atoms with Crippen LogP contribution in [0.3, 0.4) is 0 Å². The predicted octanol–water partition coefficient (Wildman–Crippen LogP) is 1.36. The molecule has 0 saturated heterocycles. The Morgan fingerprint density at radius 2 is 2.27 bits per heavy atom. The van der Waals surface area contributed by atoms with Crippen molar-refractivity contribution in [2.75, 3.05) is 5.73 Å². The molecule has 0 aliphatic carbocycles. The smallest absolute Gasteiger partial charge is 0.339 e. The van der Waals surface area contributed by atoms with Gasteiger partial charge in [0.2, 0.25) is 0 Å². The number of nitrogens with zero attached hydrogens (tertiary/aromatic N) is 1. The Hall–Kier alpha value is -2.30. The minimum atomic E-state index is -1.01. The molecule has 5 nitrogen and oxygen atoms in total. The van der Waals surface area contributed by atoms with Gasteiger partial charge >= 0.3 is 5.97 Å². The van der Waals surface area contributed by atoms with Crippen molar-refractivity contribution < 1.29 is 9.90 Å². The van der Waals surface area contributed by atoms with Crippen molar-refractivity contribution >= 4 is 11.7 Å².